The van der Waals surface area contributed by atoms with Crippen molar-refractivity contribution in [3.05, 3.63) is 67.3 Å². The number of pyridine rings is 2. The lowest BCUT2D eigenvalue weighted by Gasteiger charge is -2.37. The first-order chi connectivity index (χ1) is 15.2. The number of hydrogen-bond donors (Lipinski definition) is 2. The molecule has 7 nitrogen and oxygen atoms in total. The molecule has 31 heavy (non-hydrogen) atoms. The van der Waals surface area contributed by atoms with Crippen molar-refractivity contribution < 1.29 is 0 Å². The second-order valence-electron chi connectivity index (χ2n) is 8.07. The minimum atomic E-state index is 0.424. The molecule has 0 amide bonds. The number of fused-ring (bicyclic) bond motifs is 1. The van der Waals surface area contributed by atoms with Gasteiger partial charge in [-0.15, -0.1) is 0 Å². The smallest absolute Gasteiger partial charge is 0.150 e. The SMILES string of the molecule is C[C@@H]1CN(c2cc(-c3nc(Nc4cnccn4)cc4ccccc34)ccn2)C[C@H](C)N1. The van der Waals surface area contributed by atoms with Crippen LogP contribution in [0.4, 0.5) is 17.5 Å². The van der Waals surface area contributed by atoms with Gasteiger partial charge in [-0.25, -0.2) is 15.0 Å². The Morgan fingerprint density at radius 3 is 2.58 bits per heavy atom. The molecular weight excluding hydrogens is 386 g/mol. The van der Waals surface area contributed by atoms with Gasteiger partial charge >= 0.3 is 0 Å². The Kier molecular flexibility index (Phi) is 5.18. The summed E-state index contributed by atoms with van der Waals surface area (Å²) in [6.07, 6.45) is 6.88. The molecule has 2 N–H and O–H groups in total. The average Bonchev–Trinajstić information content (AvgIpc) is 2.79. The first-order valence-corrected chi connectivity index (χ1v) is 10.6. The Bertz CT molecular complexity index is 1180. The minimum Gasteiger partial charge on any atom is -0.354 e. The number of rotatable bonds is 4. The summed E-state index contributed by atoms with van der Waals surface area (Å²) in [7, 11) is 0. The van der Waals surface area contributed by atoms with E-state index in [4.69, 9.17) is 4.98 Å². The molecular formula is C24H25N7. The summed E-state index contributed by atoms with van der Waals surface area (Å²) < 4.78 is 0. The zero-order valence-corrected chi connectivity index (χ0v) is 17.7. The zero-order chi connectivity index (χ0) is 21.2. The van der Waals surface area contributed by atoms with E-state index in [0.29, 0.717) is 17.9 Å². The minimum absolute atomic E-state index is 0.424. The molecule has 1 fully saturated rings. The van der Waals surface area contributed by atoms with E-state index in [0.717, 1.165) is 46.8 Å². The maximum atomic E-state index is 4.95. The van der Waals surface area contributed by atoms with Crippen LogP contribution in [-0.2, 0) is 0 Å². The summed E-state index contributed by atoms with van der Waals surface area (Å²) in [5.41, 5.74) is 1.97. The van der Waals surface area contributed by atoms with E-state index < -0.39 is 0 Å². The van der Waals surface area contributed by atoms with Gasteiger partial charge in [0.25, 0.3) is 0 Å². The molecule has 1 saturated heterocycles. The highest BCUT2D eigenvalue weighted by molar-refractivity contribution is 5.96. The topological polar surface area (TPSA) is 78.9 Å². The van der Waals surface area contributed by atoms with E-state index in [2.05, 4.69) is 62.5 Å². The third-order valence-electron chi connectivity index (χ3n) is 5.46. The van der Waals surface area contributed by atoms with E-state index in [-0.39, 0.29) is 0 Å². The number of nitrogens with one attached hydrogen (secondary N) is 2. The van der Waals surface area contributed by atoms with E-state index in [1.165, 1.54) is 0 Å². The van der Waals surface area contributed by atoms with Crippen LogP contribution in [0.3, 0.4) is 0 Å². The van der Waals surface area contributed by atoms with Gasteiger partial charge in [-0.05, 0) is 37.4 Å². The van der Waals surface area contributed by atoms with Gasteiger partial charge in [0.1, 0.15) is 17.5 Å². The third kappa shape index (κ3) is 4.18. The summed E-state index contributed by atoms with van der Waals surface area (Å²) in [5.74, 6) is 2.38. The number of aromatic nitrogens is 4. The molecule has 0 radical (unpaired) electrons. The summed E-state index contributed by atoms with van der Waals surface area (Å²) in [6.45, 7) is 6.29. The Hall–Kier alpha value is -3.58. The molecule has 1 aliphatic rings. The molecule has 4 aromatic rings. The van der Waals surface area contributed by atoms with Crippen LogP contribution in [0.5, 0.6) is 0 Å². The molecule has 0 aliphatic carbocycles. The van der Waals surface area contributed by atoms with Gasteiger partial charge in [-0.2, -0.15) is 0 Å². The van der Waals surface area contributed by atoms with Crippen LogP contribution < -0.4 is 15.5 Å². The van der Waals surface area contributed by atoms with E-state index in [9.17, 15) is 0 Å². The highest BCUT2D eigenvalue weighted by atomic mass is 15.3. The van der Waals surface area contributed by atoms with Crippen molar-refractivity contribution in [2.75, 3.05) is 23.3 Å². The highest BCUT2D eigenvalue weighted by Crippen LogP contribution is 2.31. The fourth-order valence-electron chi connectivity index (χ4n) is 4.23. The van der Waals surface area contributed by atoms with Crippen molar-refractivity contribution in [3.63, 3.8) is 0 Å². The Labute approximate surface area is 181 Å². The summed E-state index contributed by atoms with van der Waals surface area (Å²) in [5, 5.41) is 9.07. The van der Waals surface area contributed by atoms with Crippen LogP contribution in [0, 0.1) is 0 Å². The van der Waals surface area contributed by atoms with Gasteiger partial charge in [0, 0.05) is 54.7 Å². The Morgan fingerprint density at radius 2 is 1.77 bits per heavy atom. The summed E-state index contributed by atoms with van der Waals surface area (Å²) in [6, 6.07) is 15.4. The predicted octanol–water partition coefficient (Wildman–Crippen LogP) is 4.02. The standard InChI is InChI=1S/C24H25N7/c1-16-14-31(15-17(2)28-16)23-12-19(7-8-27-23)24-20-6-4-3-5-18(20)11-21(30-24)29-22-13-25-9-10-26-22/h3-13,16-17,28H,14-15H2,1-2H3,(H,26,29,30)/t16-,17+. The van der Waals surface area contributed by atoms with Gasteiger partial charge in [0.2, 0.25) is 0 Å². The number of benzene rings is 1. The molecule has 2 atom stereocenters. The van der Waals surface area contributed by atoms with Crippen molar-refractivity contribution in [1.82, 2.24) is 25.3 Å². The lowest BCUT2D eigenvalue weighted by atomic mass is 10.0. The fraction of sp³-hybridized carbons (Fsp3) is 0.250. The molecule has 156 valence electrons. The van der Waals surface area contributed by atoms with Crippen LogP contribution >= 0.6 is 0 Å². The lowest BCUT2D eigenvalue weighted by Crippen LogP contribution is -2.54. The molecule has 5 rings (SSSR count). The number of hydrogen-bond acceptors (Lipinski definition) is 7. The predicted molar refractivity (Wildman–Crippen MR) is 125 cm³/mol. The van der Waals surface area contributed by atoms with Gasteiger partial charge in [0.05, 0.1) is 11.9 Å². The molecule has 1 aliphatic heterocycles. The second-order valence-corrected chi connectivity index (χ2v) is 8.07. The number of piperazine rings is 1. The lowest BCUT2D eigenvalue weighted by molar-refractivity contribution is 0.405. The van der Waals surface area contributed by atoms with E-state index in [1.807, 2.05) is 30.5 Å². The molecule has 3 aromatic heterocycles. The van der Waals surface area contributed by atoms with Gasteiger partial charge < -0.3 is 15.5 Å². The van der Waals surface area contributed by atoms with Gasteiger partial charge in [-0.1, -0.05) is 24.3 Å². The second kappa shape index (κ2) is 8.28. The molecule has 0 unspecified atom stereocenters. The van der Waals surface area contributed by atoms with Crippen LogP contribution in [0.15, 0.2) is 67.3 Å². The van der Waals surface area contributed by atoms with Crippen molar-refractivity contribution in [1.29, 1.82) is 0 Å². The molecule has 7 heteroatoms. The van der Waals surface area contributed by atoms with E-state index in [1.54, 1.807) is 18.6 Å². The van der Waals surface area contributed by atoms with Crippen LogP contribution in [0.1, 0.15) is 13.8 Å². The molecule has 4 heterocycles. The Balaban J connectivity index is 1.56. The zero-order valence-electron chi connectivity index (χ0n) is 17.7. The normalized spacial score (nSPS) is 18.8. The van der Waals surface area contributed by atoms with Crippen LogP contribution in [-0.4, -0.2) is 45.1 Å². The highest BCUT2D eigenvalue weighted by Gasteiger charge is 2.22. The Morgan fingerprint density at radius 1 is 0.935 bits per heavy atom. The molecule has 0 spiro atoms. The largest absolute Gasteiger partial charge is 0.354 e. The molecule has 1 aromatic carbocycles. The van der Waals surface area contributed by atoms with Crippen molar-refractivity contribution in [2.24, 2.45) is 0 Å². The third-order valence-corrected chi connectivity index (χ3v) is 5.46. The summed E-state index contributed by atoms with van der Waals surface area (Å²) >= 11 is 0. The fourth-order valence-corrected chi connectivity index (χ4v) is 4.23. The van der Waals surface area contributed by atoms with Crippen LogP contribution in [0.2, 0.25) is 0 Å². The van der Waals surface area contributed by atoms with Crippen molar-refractivity contribution in [2.45, 2.75) is 25.9 Å². The van der Waals surface area contributed by atoms with Gasteiger partial charge in [-0.3, -0.25) is 4.98 Å². The monoisotopic (exact) mass is 411 g/mol. The first-order valence-electron chi connectivity index (χ1n) is 10.6. The quantitative estimate of drug-likeness (QED) is 0.525. The first kappa shape index (κ1) is 19.4. The molecule has 0 saturated carbocycles. The maximum absolute atomic E-state index is 4.95. The average molecular weight is 412 g/mol. The van der Waals surface area contributed by atoms with Crippen molar-refractivity contribution >= 4 is 28.2 Å². The maximum Gasteiger partial charge on any atom is 0.150 e. The molecule has 0 bridgehead atoms. The number of nitrogens with zero attached hydrogens (tertiary/aromatic N) is 5. The van der Waals surface area contributed by atoms with Gasteiger partial charge in [0.15, 0.2) is 0 Å². The van der Waals surface area contributed by atoms with Crippen molar-refractivity contribution in [3.8, 4) is 11.3 Å². The van der Waals surface area contributed by atoms with Crippen LogP contribution in [0.25, 0.3) is 22.0 Å². The summed E-state index contributed by atoms with van der Waals surface area (Å²) in [4.78, 5) is 20.4. The number of anilines is 3. The van der Waals surface area contributed by atoms with E-state index >= 15 is 0 Å².